The minimum absolute atomic E-state index is 0.157. The lowest BCUT2D eigenvalue weighted by molar-refractivity contribution is -0.131. The molecule has 0 aromatic carbocycles. The second-order valence-corrected chi connectivity index (χ2v) is 8.68. The highest BCUT2D eigenvalue weighted by atomic mass is 32.2. The van der Waals surface area contributed by atoms with Crippen molar-refractivity contribution < 1.29 is 22.7 Å². The Hall–Kier alpha value is -1.65. The van der Waals surface area contributed by atoms with Crippen LogP contribution in [0.1, 0.15) is 11.8 Å². The Labute approximate surface area is 145 Å². The number of sulfonamides is 1. The average Bonchev–Trinajstić information content (AvgIpc) is 3.00. The molecule has 0 aliphatic carbocycles. The van der Waals surface area contributed by atoms with Gasteiger partial charge in [-0.1, -0.05) is 0 Å². The third kappa shape index (κ3) is 4.46. The summed E-state index contributed by atoms with van der Waals surface area (Å²) in [7, 11) is -3.50. The van der Waals surface area contributed by atoms with Gasteiger partial charge in [0.15, 0.2) is 0 Å². The molecule has 134 valence electrons. The summed E-state index contributed by atoms with van der Waals surface area (Å²) in [6.07, 6.45) is -0.639. The minimum Gasteiger partial charge on any atom is -0.450 e. The molecule has 1 saturated heterocycles. The van der Waals surface area contributed by atoms with Crippen molar-refractivity contribution in [3.8, 4) is 0 Å². The second kappa shape index (κ2) is 7.95. The monoisotopic (exact) mass is 375 g/mol. The van der Waals surface area contributed by atoms with Gasteiger partial charge in [0.25, 0.3) is 10.0 Å². The highest BCUT2D eigenvalue weighted by Crippen LogP contribution is 2.25. The van der Waals surface area contributed by atoms with Crippen molar-refractivity contribution in [3.05, 3.63) is 17.0 Å². The predicted molar refractivity (Wildman–Crippen MR) is 89.4 cm³/mol. The number of nitrogens with zero attached hydrogens (tertiary/aromatic N) is 2. The first kappa shape index (κ1) is 18.7. The number of carbonyl (C=O) groups excluding carboxylic acids is 2. The maximum Gasteiger partial charge on any atom is 0.407 e. The third-order valence-electron chi connectivity index (χ3n) is 3.56. The highest BCUT2D eigenvalue weighted by molar-refractivity contribution is 7.91. The van der Waals surface area contributed by atoms with Crippen molar-refractivity contribution in [1.82, 2.24) is 14.5 Å². The van der Waals surface area contributed by atoms with Crippen LogP contribution in [-0.4, -0.2) is 69.0 Å². The van der Waals surface area contributed by atoms with Crippen LogP contribution < -0.4 is 5.32 Å². The number of amides is 2. The molecule has 0 bridgehead atoms. The molecule has 0 unspecified atom stereocenters. The predicted octanol–water partition coefficient (Wildman–Crippen LogP) is 0.636. The van der Waals surface area contributed by atoms with E-state index < -0.39 is 16.1 Å². The van der Waals surface area contributed by atoms with Crippen LogP contribution in [0.4, 0.5) is 4.79 Å². The topological polar surface area (TPSA) is 96.0 Å². The quantitative estimate of drug-likeness (QED) is 0.815. The van der Waals surface area contributed by atoms with E-state index in [1.54, 1.807) is 19.1 Å². The fraction of sp³-hybridized carbons (Fsp3) is 0.571. The van der Waals surface area contributed by atoms with Gasteiger partial charge < -0.3 is 15.0 Å². The lowest BCUT2D eigenvalue weighted by Crippen LogP contribution is -2.52. The Morgan fingerprint density at radius 2 is 1.92 bits per heavy atom. The van der Waals surface area contributed by atoms with Crippen molar-refractivity contribution in [2.24, 2.45) is 0 Å². The molecule has 2 rings (SSSR count). The number of nitrogens with one attached hydrogen (secondary N) is 1. The zero-order valence-corrected chi connectivity index (χ0v) is 15.3. The molecule has 0 atom stereocenters. The minimum atomic E-state index is -3.50. The molecule has 1 aliphatic heterocycles. The molecule has 8 nitrogen and oxygen atoms in total. The van der Waals surface area contributed by atoms with E-state index in [2.05, 4.69) is 10.1 Å². The number of piperazine rings is 1. The molecular formula is C14H21N3O5S2. The standard InChI is InChI=1S/C14H21N3O5S2/c1-3-22-14(19)15-10-12(18)16-6-8-17(9-7-16)24(20,21)13-5-4-11(2)23-13/h4-5H,3,6-10H2,1-2H3,(H,15,19). The molecular weight excluding hydrogens is 354 g/mol. The maximum atomic E-state index is 12.5. The van der Waals surface area contributed by atoms with E-state index in [0.717, 1.165) is 4.88 Å². The van der Waals surface area contributed by atoms with Crippen LogP contribution in [0.2, 0.25) is 0 Å². The molecule has 1 aromatic heterocycles. The van der Waals surface area contributed by atoms with Crippen molar-refractivity contribution in [2.45, 2.75) is 18.1 Å². The Bertz CT molecular complexity index is 693. The first-order chi connectivity index (χ1) is 11.3. The van der Waals surface area contributed by atoms with Gasteiger partial charge in [-0.05, 0) is 26.0 Å². The van der Waals surface area contributed by atoms with Gasteiger partial charge in [0, 0.05) is 31.1 Å². The first-order valence-corrected chi connectivity index (χ1v) is 9.85. The lowest BCUT2D eigenvalue weighted by atomic mass is 10.3. The van der Waals surface area contributed by atoms with Crippen LogP contribution in [0.3, 0.4) is 0 Å². The normalized spacial score (nSPS) is 16.0. The van der Waals surface area contributed by atoms with Gasteiger partial charge in [0.2, 0.25) is 5.91 Å². The zero-order chi connectivity index (χ0) is 17.7. The number of carbonyl (C=O) groups is 2. The van der Waals surface area contributed by atoms with Crippen LogP contribution in [0, 0.1) is 6.92 Å². The van der Waals surface area contributed by atoms with Crippen molar-refractivity contribution >= 4 is 33.4 Å². The summed E-state index contributed by atoms with van der Waals surface area (Å²) in [6.45, 7) is 4.69. The Morgan fingerprint density at radius 1 is 1.25 bits per heavy atom. The van der Waals surface area contributed by atoms with E-state index in [1.165, 1.54) is 20.5 Å². The molecule has 1 aromatic rings. The zero-order valence-electron chi connectivity index (χ0n) is 13.6. The van der Waals surface area contributed by atoms with Crippen LogP contribution >= 0.6 is 11.3 Å². The molecule has 24 heavy (non-hydrogen) atoms. The van der Waals surface area contributed by atoms with Crippen molar-refractivity contribution in [1.29, 1.82) is 0 Å². The van der Waals surface area contributed by atoms with Gasteiger partial charge in [0.1, 0.15) is 10.8 Å². The summed E-state index contributed by atoms with van der Waals surface area (Å²) in [5.74, 6) is -0.257. The van der Waals surface area contributed by atoms with Gasteiger partial charge in [-0.2, -0.15) is 4.31 Å². The van der Waals surface area contributed by atoms with E-state index in [0.29, 0.717) is 17.3 Å². The summed E-state index contributed by atoms with van der Waals surface area (Å²) in [6, 6.07) is 3.38. The summed E-state index contributed by atoms with van der Waals surface area (Å²) < 4.78 is 31.4. The van der Waals surface area contributed by atoms with Crippen LogP contribution in [-0.2, 0) is 19.6 Å². The van der Waals surface area contributed by atoms with E-state index >= 15 is 0 Å². The maximum absolute atomic E-state index is 12.5. The summed E-state index contributed by atoms with van der Waals surface area (Å²) in [5, 5.41) is 2.37. The third-order valence-corrected chi connectivity index (χ3v) is 6.93. The largest absolute Gasteiger partial charge is 0.450 e. The SMILES string of the molecule is CCOC(=O)NCC(=O)N1CCN(S(=O)(=O)c2ccc(C)s2)CC1. The second-order valence-electron chi connectivity index (χ2n) is 5.22. The van der Waals surface area contributed by atoms with Crippen LogP contribution in [0.5, 0.6) is 0 Å². The number of hydrogen-bond acceptors (Lipinski definition) is 6. The van der Waals surface area contributed by atoms with Gasteiger partial charge >= 0.3 is 6.09 Å². The van der Waals surface area contributed by atoms with Crippen LogP contribution in [0.25, 0.3) is 0 Å². The number of ether oxygens (including phenoxy) is 1. The molecule has 1 fully saturated rings. The van der Waals surface area contributed by atoms with E-state index in [9.17, 15) is 18.0 Å². The summed E-state index contributed by atoms with van der Waals surface area (Å²) in [4.78, 5) is 25.7. The number of aryl methyl sites for hydroxylation is 1. The fourth-order valence-corrected chi connectivity index (χ4v) is 5.16. The van der Waals surface area contributed by atoms with Crippen LogP contribution in [0.15, 0.2) is 16.3 Å². The molecule has 2 amide bonds. The van der Waals surface area contributed by atoms with E-state index in [4.69, 9.17) is 0 Å². The Morgan fingerprint density at radius 3 is 2.46 bits per heavy atom. The number of thiophene rings is 1. The highest BCUT2D eigenvalue weighted by Gasteiger charge is 2.30. The van der Waals surface area contributed by atoms with Gasteiger partial charge in [-0.25, -0.2) is 13.2 Å². The summed E-state index contributed by atoms with van der Waals surface area (Å²) >= 11 is 1.24. The molecule has 1 N–H and O–H groups in total. The number of hydrogen-bond donors (Lipinski definition) is 1. The average molecular weight is 375 g/mol. The fourth-order valence-electron chi connectivity index (χ4n) is 2.30. The molecule has 10 heteroatoms. The smallest absolute Gasteiger partial charge is 0.407 e. The molecule has 0 saturated carbocycles. The Balaban J connectivity index is 1.87. The molecule has 1 aliphatic rings. The summed E-state index contributed by atoms with van der Waals surface area (Å²) in [5.41, 5.74) is 0. The van der Waals surface area contributed by atoms with E-state index in [-0.39, 0.29) is 32.1 Å². The van der Waals surface area contributed by atoms with Gasteiger partial charge in [0.05, 0.1) is 6.61 Å². The molecule has 0 radical (unpaired) electrons. The van der Waals surface area contributed by atoms with Crippen molar-refractivity contribution in [2.75, 3.05) is 39.3 Å². The number of rotatable bonds is 5. The molecule has 2 heterocycles. The number of alkyl carbamates (subject to hydrolysis) is 1. The lowest BCUT2D eigenvalue weighted by Gasteiger charge is -2.33. The van der Waals surface area contributed by atoms with Gasteiger partial charge in [-0.3, -0.25) is 4.79 Å². The Kier molecular flexibility index (Phi) is 6.19. The van der Waals surface area contributed by atoms with E-state index in [1.807, 2.05) is 6.92 Å². The molecule has 0 spiro atoms. The first-order valence-electron chi connectivity index (χ1n) is 7.59. The van der Waals surface area contributed by atoms with Gasteiger partial charge in [-0.15, -0.1) is 11.3 Å². The van der Waals surface area contributed by atoms with Crippen molar-refractivity contribution in [3.63, 3.8) is 0 Å².